The van der Waals surface area contributed by atoms with Gasteiger partial charge in [-0.3, -0.25) is 13.8 Å². The monoisotopic (exact) mass is 708 g/mol. The van der Waals surface area contributed by atoms with Crippen molar-refractivity contribution in [3.05, 3.63) is 41.3 Å². The maximum atomic E-state index is 16.4. The van der Waals surface area contributed by atoms with Crippen molar-refractivity contribution in [2.75, 3.05) is 24.7 Å². The molecule has 2 aliphatic rings. The van der Waals surface area contributed by atoms with E-state index in [1.165, 1.54) is 34.8 Å². The molecule has 2 bridgehead atoms. The van der Waals surface area contributed by atoms with Crippen LogP contribution in [0, 0.1) is 0 Å². The van der Waals surface area contributed by atoms with E-state index >= 15 is 8.78 Å². The van der Waals surface area contributed by atoms with E-state index < -0.39 is 74.4 Å². The second-order valence-corrected chi connectivity index (χ2v) is 17.2. The first-order chi connectivity index (χ1) is 21.1. The fourth-order valence-corrected chi connectivity index (χ4v) is 8.97. The number of pyridine rings is 1. The zero-order chi connectivity index (χ0) is 32.5. The van der Waals surface area contributed by atoms with Gasteiger partial charge in [0.25, 0.3) is 5.56 Å². The molecule has 4 aromatic heterocycles. The second kappa shape index (κ2) is 11.6. The Bertz CT molecular complexity index is 1930. The van der Waals surface area contributed by atoms with Crippen LogP contribution in [0.5, 0.6) is 0 Å². The molecule has 16 nitrogen and oxygen atoms in total. The van der Waals surface area contributed by atoms with Gasteiger partial charge >= 0.3 is 6.80 Å². The van der Waals surface area contributed by atoms with E-state index in [1.54, 1.807) is 19.2 Å². The molecule has 4 aromatic rings. The summed E-state index contributed by atoms with van der Waals surface area (Å²) in [5, 5.41) is -1.54. The maximum Gasteiger partial charge on any atom is 0.388 e. The average molecular weight is 709 g/mol. The van der Waals surface area contributed by atoms with E-state index in [1.807, 2.05) is 0 Å². The lowest BCUT2D eigenvalue weighted by Crippen LogP contribution is -2.43. The van der Waals surface area contributed by atoms with Crippen LogP contribution in [-0.2, 0) is 39.4 Å². The number of thiol groups is 1. The molecule has 0 aromatic carbocycles. The summed E-state index contributed by atoms with van der Waals surface area (Å²) in [5.74, 6) is 0.192. The summed E-state index contributed by atoms with van der Waals surface area (Å²) in [5.41, 5.74) is 11.6. The van der Waals surface area contributed by atoms with Gasteiger partial charge in [0.15, 0.2) is 18.2 Å². The predicted octanol–water partition coefficient (Wildman–Crippen LogP) is 2.93. The summed E-state index contributed by atoms with van der Waals surface area (Å²) in [7, 11) is 0. The molecule has 244 valence electrons. The van der Waals surface area contributed by atoms with E-state index in [2.05, 4.69) is 32.2 Å². The Hall–Kier alpha value is -2.51. The number of aromatic amines is 1. The minimum atomic E-state index is -4.49. The van der Waals surface area contributed by atoms with E-state index in [4.69, 9.17) is 46.3 Å². The average Bonchev–Trinajstić information content (AvgIpc) is 3.65. The molecule has 2 saturated heterocycles. The van der Waals surface area contributed by atoms with Gasteiger partial charge in [-0.2, -0.15) is 0 Å². The summed E-state index contributed by atoms with van der Waals surface area (Å²) < 4.78 is 75.7. The van der Waals surface area contributed by atoms with Gasteiger partial charge in [0.2, 0.25) is 6.36 Å². The number of H-pyrrole nitrogens is 1. The number of hydrogen-bond donors (Lipinski definition) is 5. The highest BCUT2D eigenvalue weighted by Crippen LogP contribution is 2.67. The standard InChI is InChI=1S/C23H28F2N8O8P2S2/c1-10(32-4-3-11-19(27)28-8-29-20(11)32)39-14-7-37-42(35,44)23(2)17(24)13(6-38-43(36,45)41-18(14)25)40-22(23)33-9-30-16-12(33)5-15(26)31-21(16)34/h3-5,8-10,13-14,17-18,22H,6-7H2,1-2H3,(H,35,44)(H,36,45)(H3,26,31,34)(H2,27,28,29)/t10-,13-,14-,17-,18?,22-,23+,42?,43?/m1/s1. The van der Waals surface area contributed by atoms with Gasteiger partial charge < -0.3 is 44.5 Å². The van der Waals surface area contributed by atoms with Crippen molar-refractivity contribution in [2.24, 2.45) is 0 Å². The number of fused-ring (bicyclic) bond motifs is 4. The third kappa shape index (κ3) is 5.60. The lowest BCUT2D eigenvalue weighted by molar-refractivity contribution is -0.144. The number of halogens is 2. The number of imidazole rings is 1. The zero-order valence-electron chi connectivity index (χ0n) is 23.5. The molecule has 0 amide bonds. The Labute approximate surface area is 263 Å². The zero-order valence-corrected chi connectivity index (χ0v) is 27.0. The molecule has 22 heteroatoms. The van der Waals surface area contributed by atoms with Gasteiger partial charge in [-0.15, -0.1) is 0 Å². The molecule has 2 aliphatic heterocycles. The highest BCUT2D eigenvalue weighted by atomic mass is 32.7. The van der Waals surface area contributed by atoms with Crippen LogP contribution in [0.15, 0.2) is 35.8 Å². The van der Waals surface area contributed by atoms with Gasteiger partial charge in [0.05, 0.1) is 30.4 Å². The lowest BCUT2D eigenvalue weighted by Gasteiger charge is -2.39. The van der Waals surface area contributed by atoms with Crippen molar-refractivity contribution in [2.45, 2.75) is 56.2 Å². The SMILES string of the molecule is C[C@@H](O[C@@H]1COP(O)(=S)[C@@]2(C)[C@H](F)[C@@H](COP(=O)(S)OC1F)O[C@H]2n1cnc2c(=O)[nH]c(N)cc21)n1ccc2c(N)ncnc21. The number of nitrogens with one attached hydrogen (secondary N) is 1. The molecular weight excluding hydrogens is 680 g/mol. The molecule has 9 atom stereocenters. The van der Waals surface area contributed by atoms with Crippen molar-refractivity contribution in [3.63, 3.8) is 0 Å². The summed E-state index contributed by atoms with van der Waals surface area (Å²) in [6.45, 7) is -7.53. The Balaban J connectivity index is 1.37. The number of nitrogens with zero attached hydrogens (tertiary/aromatic N) is 5. The maximum absolute atomic E-state index is 16.4. The number of hydrogen-bond acceptors (Lipinski definition) is 13. The van der Waals surface area contributed by atoms with Gasteiger partial charge in [-0.05, 0) is 31.7 Å². The molecule has 6 heterocycles. The van der Waals surface area contributed by atoms with E-state index in [0.717, 1.165) is 0 Å². The molecule has 6 N–H and O–H groups in total. The van der Waals surface area contributed by atoms with Crippen LogP contribution >= 0.6 is 25.5 Å². The van der Waals surface area contributed by atoms with Crippen LogP contribution in [0.3, 0.4) is 0 Å². The molecule has 0 spiro atoms. The van der Waals surface area contributed by atoms with Crippen LogP contribution in [-0.4, -0.2) is 77.1 Å². The minimum Gasteiger partial charge on any atom is -0.385 e. The van der Waals surface area contributed by atoms with E-state index in [-0.39, 0.29) is 22.7 Å². The highest BCUT2D eigenvalue weighted by molar-refractivity contribution is 8.44. The Kier molecular flexibility index (Phi) is 8.38. The van der Waals surface area contributed by atoms with Gasteiger partial charge in [0, 0.05) is 12.3 Å². The fraction of sp³-hybridized carbons (Fsp3) is 0.478. The quantitative estimate of drug-likeness (QED) is 0.152. The fourth-order valence-electron chi connectivity index (χ4n) is 5.39. The normalized spacial score (nSPS) is 35.3. The third-order valence-corrected chi connectivity index (χ3v) is 13.0. The van der Waals surface area contributed by atoms with Crippen molar-refractivity contribution < 1.29 is 41.3 Å². The number of aromatic nitrogens is 6. The largest absolute Gasteiger partial charge is 0.388 e. The van der Waals surface area contributed by atoms with Crippen LogP contribution in [0.1, 0.15) is 26.3 Å². The molecule has 0 saturated carbocycles. The predicted molar refractivity (Wildman–Crippen MR) is 164 cm³/mol. The van der Waals surface area contributed by atoms with Crippen LogP contribution in [0.25, 0.3) is 22.1 Å². The van der Waals surface area contributed by atoms with Crippen molar-refractivity contribution >= 4 is 71.0 Å². The summed E-state index contributed by atoms with van der Waals surface area (Å²) in [6, 6.07) is 3.01. The van der Waals surface area contributed by atoms with Gasteiger partial charge in [-0.1, -0.05) is 12.2 Å². The van der Waals surface area contributed by atoms with Gasteiger partial charge in [0.1, 0.15) is 53.4 Å². The van der Waals surface area contributed by atoms with Gasteiger partial charge in [-0.25, -0.2) is 28.3 Å². The van der Waals surface area contributed by atoms with Crippen LogP contribution in [0.2, 0.25) is 0 Å². The Morgan fingerprint density at radius 2 is 2.04 bits per heavy atom. The van der Waals surface area contributed by atoms with E-state index in [0.29, 0.717) is 11.0 Å². The first kappa shape index (κ1) is 32.4. The molecule has 3 unspecified atom stereocenters. The summed E-state index contributed by atoms with van der Waals surface area (Å²) >= 11 is 9.38. The molecule has 45 heavy (non-hydrogen) atoms. The first-order valence-electron chi connectivity index (χ1n) is 13.3. The summed E-state index contributed by atoms with van der Waals surface area (Å²) in [6.07, 6.45) is -6.19. The molecule has 0 radical (unpaired) electrons. The molecule has 6 rings (SSSR count). The number of nitrogen functional groups attached to an aromatic ring is 2. The highest BCUT2D eigenvalue weighted by Gasteiger charge is 2.64. The van der Waals surface area contributed by atoms with Crippen LogP contribution < -0.4 is 17.0 Å². The lowest BCUT2D eigenvalue weighted by atomic mass is 10.0. The minimum absolute atomic E-state index is 0.0166. The first-order valence-corrected chi connectivity index (χ1v) is 18.6. The number of ether oxygens (including phenoxy) is 2. The van der Waals surface area contributed by atoms with Crippen LogP contribution in [0.4, 0.5) is 20.4 Å². The second-order valence-electron chi connectivity index (χ2n) is 10.6. The third-order valence-electron chi connectivity index (χ3n) is 7.79. The van der Waals surface area contributed by atoms with Crippen molar-refractivity contribution in [1.82, 2.24) is 29.1 Å². The van der Waals surface area contributed by atoms with E-state index in [9.17, 15) is 14.3 Å². The van der Waals surface area contributed by atoms with Crippen molar-refractivity contribution in [1.29, 1.82) is 0 Å². The summed E-state index contributed by atoms with van der Waals surface area (Å²) in [4.78, 5) is 38.8. The molecular formula is C23H28F2N8O8P2S2. The Morgan fingerprint density at radius 1 is 1.29 bits per heavy atom. The number of rotatable bonds is 4. The van der Waals surface area contributed by atoms with Crippen molar-refractivity contribution in [3.8, 4) is 0 Å². The molecule has 2 fully saturated rings. The number of alkyl halides is 2. The topological polar surface area (TPSA) is 217 Å². The smallest absolute Gasteiger partial charge is 0.385 e. The number of anilines is 2. The number of nitrogens with two attached hydrogens (primary N) is 2. The molecule has 0 aliphatic carbocycles. The Morgan fingerprint density at radius 3 is 2.80 bits per heavy atom.